The second kappa shape index (κ2) is 10.2. The van der Waals surface area contributed by atoms with Crippen molar-refractivity contribution in [2.24, 2.45) is 0 Å². The first-order chi connectivity index (χ1) is 14.9. The molecule has 1 heterocycles. The van der Waals surface area contributed by atoms with Crippen LogP contribution in [0, 0.1) is 6.92 Å². The summed E-state index contributed by atoms with van der Waals surface area (Å²) in [6.07, 6.45) is 0. The van der Waals surface area contributed by atoms with Crippen molar-refractivity contribution in [2.75, 3.05) is 50.8 Å². The van der Waals surface area contributed by atoms with Crippen LogP contribution in [0.25, 0.3) is 0 Å². The predicted octanol–water partition coefficient (Wildman–Crippen LogP) is 2.75. The normalized spacial score (nSPS) is 14.7. The van der Waals surface area contributed by atoms with Gasteiger partial charge in [-0.25, -0.2) is 8.42 Å². The summed E-state index contributed by atoms with van der Waals surface area (Å²) >= 11 is 0. The first-order valence-electron chi connectivity index (χ1n) is 10.7. The molecule has 168 valence electrons. The Balaban J connectivity index is 1.65. The Morgan fingerprint density at radius 1 is 1.03 bits per heavy atom. The van der Waals surface area contributed by atoms with Crippen LogP contribution in [0.1, 0.15) is 19.4 Å². The molecule has 7 nitrogen and oxygen atoms in total. The summed E-state index contributed by atoms with van der Waals surface area (Å²) in [6, 6.07) is 14.9. The minimum Gasteiger partial charge on any atom is -0.494 e. The lowest BCUT2D eigenvalue weighted by Gasteiger charge is -2.36. The van der Waals surface area contributed by atoms with E-state index in [2.05, 4.69) is 17.0 Å². The van der Waals surface area contributed by atoms with Gasteiger partial charge in [-0.1, -0.05) is 25.1 Å². The molecular weight excluding hydrogens is 414 g/mol. The van der Waals surface area contributed by atoms with Crippen molar-refractivity contribution >= 4 is 21.6 Å². The molecule has 0 saturated carbocycles. The van der Waals surface area contributed by atoms with Gasteiger partial charge in [0.2, 0.25) is 15.9 Å². The maximum atomic E-state index is 13.1. The Bertz CT molecular complexity index is 987. The lowest BCUT2D eigenvalue weighted by Crippen LogP contribution is -2.51. The molecule has 1 aliphatic heterocycles. The van der Waals surface area contributed by atoms with Crippen LogP contribution < -0.4 is 9.64 Å². The molecule has 0 atom stereocenters. The lowest BCUT2D eigenvalue weighted by molar-refractivity contribution is -0.131. The molecule has 3 rings (SSSR count). The van der Waals surface area contributed by atoms with E-state index >= 15 is 0 Å². The molecule has 1 aliphatic rings. The van der Waals surface area contributed by atoms with Crippen molar-refractivity contribution in [2.45, 2.75) is 25.7 Å². The Morgan fingerprint density at radius 3 is 2.29 bits per heavy atom. The molecule has 1 saturated heterocycles. The zero-order valence-corrected chi connectivity index (χ0v) is 19.3. The molecule has 0 aromatic heterocycles. The predicted molar refractivity (Wildman–Crippen MR) is 122 cm³/mol. The molecule has 0 bridgehead atoms. The second-order valence-corrected chi connectivity index (χ2v) is 9.43. The van der Waals surface area contributed by atoms with E-state index in [0.717, 1.165) is 24.3 Å². The number of sulfonamides is 1. The number of nitrogens with zero attached hydrogens (tertiary/aromatic N) is 3. The fourth-order valence-electron chi connectivity index (χ4n) is 3.72. The molecule has 0 unspecified atom stereocenters. The van der Waals surface area contributed by atoms with Crippen molar-refractivity contribution in [3.63, 3.8) is 0 Å². The van der Waals surface area contributed by atoms with E-state index in [4.69, 9.17) is 4.74 Å². The molecule has 1 amide bonds. The highest BCUT2D eigenvalue weighted by Gasteiger charge is 2.29. The Morgan fingerprint density at radius 2 is 1.71 bits per heavy atom. The largest absolute Gasteiger partial charge is 0.494 e. The van der Waals surface area contributed by atoms with Gasteiger partial charge in [-0.3, -0.25) is 4.79 Å². The molecular formula is C23H31N3O4S. The van der Waals surface area contributed by atoms with Crippen LogP contribution >= 0.6 is 0 Å². The van der Waals surface area contributed by atoms with Crippen LogP contribution in [0.2, 0.25) is 0 Å². The quantitative estimate of drug-likeness (QED) is 0.625. The Kier molecular flexibility index (Phi) is 7.56. The number of benzene rings is 2. The van der Waals surface area contributed by atoms with Gasteiger partial charge in [0.15, 0.2) is 0 Å². The number of para-hydroxylation sites is 1. The molecule has 2 aromatic rings. The Hall–Kier alpha value is -2.58. The monoisotopic (exact) mass is 445 g/mol. The lowest BCUT2D eigenvalue weighted by atomic mass is 10.2. The smallest absolute Gasteiger partial charge is 0.243 e. The van der Waals surface area contributed by atoms with Crippen LogP contribution in [-0.2, 0) is 14.8 Å². The number of rotatable bonds is 8. The van der Waals surface area contributed by atoms with E-state index in [1.54, 1.807) is 30.0 Å². The summed E-state index contributed by atoms with van der Waals surface area (Å²) in [5.41, 5.74) is 1.89. The van der Waals surface area contributed by atoms with Crippen molar-refractivity contribution in [3.8, 4) is 5.75 Å². The molecule has 0 aliphatic carbocycles. The first-order valence-corrected chi connectivity index (χ1v) is 12.1. The van der Waals surface area contributed by atoms with E-state index in [1.807, 2.05) is 32.0 Å². The second-order valence-electron chi connectivity index (χ2n) is 7.49. The minimum atomic E-state index is -3.77. The summed E-state index contributed by atoms with van der Waals surface area (Å²) in [6.45, 7) is 8.65. The highest BCUT2D eigenvalue weighted by molar-refractivity contribution is 7.89. The van der Waals surface area contributed by atoms with Crippen LogP contribution in [0.3, 0.4) is 0 Å². The fourth-order valence-corrected chi connectivity index (χ4v) is 5.20. The number of carbonyl (C=O) groups excluding carboxylic acids is 1. The number of anilines is 1. The van der Waals surface area contributed by atoms with Gasteiger partial charge in [-0.15, -0.1) is 0 Å². The van der Waals surface area contributed by atoms with Gasteiger partial charge in [0.1, 0.15) is 5.75 Å². The fraction of sp³-hybridized carbons (Fsp3) is 0.435. The molecule has 31 heavy (non-hydrogen) atoms. The topological polar surface area (TPSA) is 70.2 Å². The molecule has 0 N–H and O–H groups in total. The third-order valence-corrected chi connectivity index (χ3v) is 7.42. The van der Waals surface area contributed by atoms with Gasteiger partial charge in [-0.2, -0.15) is 4.31 Å². The molecule has 8 heteroatoms. The highest BCUT2D eigenvalue weighted by Crippen LogP contribution is 2.24. The minimum absolute atomic E-state index is 0.156. The number of carbonyl (C=O) groups is 1. The van der Waals surface area contributed by atoms with Crippen LogP contribution in [0.15, 0.2) is 53.4 Å². The number of ether oxygens (including phenoxy) is 1. The molecule has 0 radical (unpaired) electrons. The SMILES string of the molecule is CCOc1ccc(S(=O)(=O)N(CC)CC(=O)N2CCN(c3ccccc3)CC2)cc1C. The molecule has 0 spiro atoms. The third kappa shape index (κ3) is 5.37. The van der Waals surface area contributed by atoms with E-state index in [9.17, 15) is 13.2 Å². The van der Waals surface area contributed by atoms with E-state index in [-0.39, 0.29) is 23.9 Å². The zero-order valence-electron chi connectivity index (χ0n) is 18.5. The Labute approximate surface area is 185 Å². The van der Waals surface area contributed by atoms with Crippen LogP contribution in [0.4, 0.5) is 5.69 Å². The van der Waals surface area contributed by atoms with Crippen molar-refractivity contribution in [1.82, 2.24) is 9.21 Å². The number of hydrogen-bond acceptors (Lipinski definition) is 5. The van der Waals surface area contributed by atoms with Crippen LogP contribution in [0.5, 0.6) is 5.75 Å². The molecule has 1 fully saturated rings. The first kappa shape index (κ1) is 23.1. The average Bonchev–Trinajstić information content (AvgIpc) is 2.79. The van der Waals surface area contributed by atoms with E-state index in [0.29, 0.717) is 25.4 Å². The summed E-state index contributed by atoms with van der Waals surface area (Å²) in [5, 5.41) is 0. The maximum absolute atomic E-state index is 13.1. The van der Waals surface area contributed by atoms with E-state index < -0.39 is 10.0 Å². The summed E-state index contributed by atoms with van der Waals surface area (Å²) in [7, 11) is -3.77. The van der Waals surface area contributed by atoms with Gasteiger partial charge in [0, 0.05) is 38.4 Å². The number of likely N-dealkylation sites (N-methyl/N-ethyl adjacent to an activating group) is 1. The van der Waals surface area contributed by atoms with Gasteiger partial charge in [0.05, 0.1) is 18.0 Å². The number of amides is 1. The number of hydrogen-bond donors (Lipinski definition) is 0. The van der Waals surface area contributed by atoms with Gasteiger partial charge in [0.25, 0.3) is 0 Å². The van der Waals surface area contributed by atoms with Crippen molar-refractivity contribution in [1.29, 1.82) is 0 Å². The van der Waals surface area contributed by atoms with Crippen LogP contribution in [-0.4, -0.2) is 69.4 Å². The summed E-state index contributed by atoms with van der Waals surface area (Å²) in [4.78, 5) is 17.0. The highest BCUT2D eigenvalue weighted by atomic mass is 32.2. The maximum Gasteiger partial charge on any atom is 0.243 e. The van der Waals surface area contributed by atoms with Gasteiger partial charge >= 0.3 is 0 Å². The van der Waals surface area contributed by atoms with Gasteiger partial charge in [-0.05, 0) is 49.7 Å². The van der Waals surface area contributed by atoms with E-state index in [1.165, 1.54) is 4.31 Å². The van der Waals surface area contributed by atoms with Gasteiger partial charge < -0.3 is 14.5 Å². The summed E-state index contributed by atoms with van der Waals surface area (Å²) < 4.78 is 33.0. The molecule has 2 aromatic carbocycles. The third-order valence-electron chi connectivity index (χ3n) is 5.50. The zero-order chi connectivity index (χ0) is 22.4. The summed E-state index contributed by atoms with van der Waals surface area (Å²) in [5.74, 6) is 0.498. The number of piperazine rings is 1. The standard InChI is InChI=1S/C23H31N3O4S/c1-4-26(31(28,29)21-11-12-22(30-5-2)19(3)17-21)18-23(27)25-15-13-24(14-16-25)20-9-7-6-8-10-20/h6-12,17H,4-5,13-16,18H2,1-3H3. The van der Waals surface area contributed by atoms with Crippen molar-refractivity contribution < 1.29 is 17.9 Å². The number of aryl methyl sites for hydroxylation is 1. The van der Waals surface area contributed by atoms with Crippen molar-refractivity contribution in [3.05, 3.63) is 54.1 Å². The average molecular weight is 446 g/mol.